The predicted octanol–water partition coefficient (Wildman–Crippen LogP) is 5.29. The van der Waals surface area contributed by atoms with Gasteiger partial charge in [-0.1, -0.05) is 54.1 Å². The SMILES string of the molecule is CC(=O)C[C@H](SCc1ccccc1)c1ccc(Cl)cc1. The molecule has 3 heteroatoms. The molecule has 0 spiro atoms. The van der Waals surface area contributed by atoms with Crippen molar-refractivity contribution in [3.05, 3.63) is 70.7 Å². The third-order valence-corrected chi connectivity index (χ3v) is 4.60. The summed E-state index contributed by atoms with van der Waals surface area (Å²) < 4.78 is 0. The average molecular weight is 305 g/mol. The Morgan fingerprint density at radius 1 is 1.10 bits per heavy atom. The van der Waals surface area contributed by atoms with E-state index in [2.05, 4.69) is 12.1 Å². The maximum absolute atomic E-state index is 11.5. The lowest BCUT2D eigenvalue weighted by atomic mass is 10.1. The first kappa shape index (κ1) is 15.1. The monoisotopic (exact) mass is 304 g/mol. The van der Waals surface area contributed by atoms with Gasteiger partial charge >= 0.3 is 0 Å². The molecule has 0 amide bonds. The van der Waals surface area contributed by atoms with Gasteiger partial charge in [-0.15, -0.1) is 11.8 Å². The second kappa shape index (κ2) is 7.51. The van der Waals surface area contributed by atoms with E-state index in [4.69, 9.17) is 11.6 Å². The molecule has 2 aromatic rings. The van der Waals surface area contributed by atoms with Crippen molar-refractivity contribution in [2.75, 3.05) is 0 Å². The molecule has 0 radical (unpaired) electrons. The van der Waals surface area contributed by atoms with Crippen molar-refractivity contribution in [2.45, 2.75) is 24.3 Å². The Labute approximate surface area is 129 Å². The van der Waals surface area contributed by atoms with Crippen LogP contribution in [-0.2, 0) is 10.5 Å². The van der Waals surface area contributed by atoms with E-state index in [9.17, 15) is 4.79 Å². The van der Waals surface area contributed by atoms with Crippen molar-refractivity contribution in [1.29, 1.82) is 0 Å². The molecule has 0 heterocycles. The summed E-state index contributed by atoms with van der Waals surface area (Å²) in [5.74, 6) is 1.12. The van der Waals surface area contributed by atoms with Gasteiger partial charge in [0.25, 0.3) is 0 Å². The Hall–Kier alpha value is -1.25. The average Bonchev–Trinajstić information content (AvgIpc) is 2.45. The van der Waals surface area contributed by atoms with E-state index >= 15 is 0 Å². The van der Waals surface area contributed by atoms with Crippen LogP contribution in [0.4, 0.5) is 0 Å². The lowest BCUT2D eigenvalue weighted by Crippen LogP contribution is -2.01. The minimum atomic E-state index is 0.185. The molecular weight excluding hydrogens is 288 g/mol. The van der Waals surface area contributed by atoms with Crippen molar-refractivity contribution in [3.8, 4) is 0 Å². The van der Waals surface area contributed by atoms with Crippen LogP contribution in [0.3, 0.4) is 0 Å². The molecule has 0 aliphatic rings. The molecule has 0 saturated heterocycles. The minimum absolute atomic E-state index is 0.185. The molecule has 1 atom stereocenters. The fourth-order valence-corrected chi connectivity index (χ4v) is 3.40. The van der Waals surface area contributed by atoms with Crippen LogP contribution < -0.4 is 0 Å². The summed E-state index contributed by atoms with van der Waals surface area (Å²) in [6, 6.07) is 18.1. The fraction of sp³-hybridized carbons (Fsp3) is 0.235. The Bertz CT molecular complexity index is 551. The van der Waals surface area contributed by atoms with E-state index in [1.54, 1.807) is 18.7 Å². The molecule has 0 unspecified atom stereocenters. The number of thioether (sulfide) groups is 1. The number of benzene rings is 2. The molecule has 104 valence electrons. The van der Waals surface area contributed by atoms with Gasteiger partial charge in [-0.2, -0.15) is 0 Å². The second-order valence-corrected chi connectivity index (χ2v) is 6.37. The highest BCUT2D eigenvalue weighted by Gasteiger charge is 2.14. The molecule has 0 saturated carbocycles. The first-order chi connectivity index (χ1) is 9.65. The van der Waals surface area contributed by atoms with Crippen molar-refractivity contribution in [2.24, 2.45) is 0 Å². The molecule has 0 aliphatic heterocycles. The van der Waals surface area contributed by atoms with E-state index < -0.39 is 0 Å². The van der Waals surface area contributed by atoms with Gasteiger partial charge in [0.2, 0.25) is 0 Å². The van der Waals surface area contributed by atoms with E-state index in [-0.39, 0.29) is 11.0 Å². The van der Waals surface area contributed by atoms with Gasteiger partial charge in [-0.05, 0) is 30.2 Å². The van der Waals surface area contributed by atoms with Gasteiger partial charge < -0.3 is 0 Å². The summed E-state index contributed by atoms with van der Waals surface area (Å²) in [4.78, 5) is 11.5. The number of ketones is 1. The summed E-state index contributed by atoms with van der Waals surface area (Å²) in [6.07, 6.45) is 0.555. The van der Waals surface area contributed by atoms with Crippen LogP contribution in [0.15, 0.2) is 54.6 Å². The van der Waals surface area contributed by atoms with E-state index in [1.165, 1.54) is 5.56 Å². The molecule has 0 aromatic heterocycles. The van der Waals surface area contributed by atoms with Gasteiger partial charge in [0.05, 0.1) is 0 Å². The van der Waals surface area contributed by atoms with Crippen molar-refractivity contribution in [1.82, 2.24) is 0 Å². The summed E-state index contributed by atoms with van der Waals surface area (Å²) in [7, 11) is 0. The summed E-state index contributed by atoms with van der Waals surface area (Å²) in [6.45, 7) is 1.64. The molecule has 2 aromatic carbocycles. The first-order valence-corrected chi connectivity index (χ1v) is 7.98. The minimum Gasteiger partial charge on any atom is -0.300 e. The fourth-order valence-electron chi connectivity index (χ4n) is 1.98. The standard InChI is InChI=1S/C17H17ClOS/c1-13(19)11-17(15-7-9-16(18)10-8-15)20-12-14-5-3-2-4-6-14/h2-10,17H,11-12H2,1H3/t17-/m0/s1. The molecule has 0 fully saturated rings. The maximum atomic E-state index is 11.5. The molecule has 0 N–H and O–H groups in total. The van der Waals surface area contributed by atoms with Gasteiger partial charge in [0.1, 0.15) is 5.78 Å². The topological polar surface area (TPSA) is 17.1 Å². The smallest absolute Gasteiger partial charge is 0.131 e. The number of carbonyl (C=O) groups excluding carboxylic acids is 1. The third-order valence-electron chi connectivity index (χ3n) is 3.01. The van der Waals surface area contributed by atoms with E-state index in [0.717, 1.165) is 16.3 Å². The zero-order valence-electron chi connectivity index (χ0n) is 11.4. The number of Topliss-reactive ketones (excluding diaryl/α,β-unsaturated/α-hetero) is 1. The lowest BCUT2D eigenvalue weighted by molar-refractivity contribution is -0.117. The van der Waals surface area contributed by atoms with Gasteiger partial charge in [0, 0.05) is 22.4 Å². The van der Waals surface area contributed by atoms with E-state index in [0.29, 0.717) is 6.42 Å². The molecular formula is C17H17ClOS. The zero-order chi connectivity index (χ0) is 14.4. The summed E-state index contributed by atoms with van der Waals surface area (Å²) >= 11 is 7.72. The van der Waals surface area contributed by atoms with Gasteiger partial charge in [-0.3, -0.25) is 4.79 Å². The highest BCUT2D eigenvalue weighted by Crippen LogP contribution is 2.35. The Kier molecular flexibility index (Phi) is 5.69. The quantitative estimate of drug-likeness (QED) is 0.721. The Morgan fingerprint density at radius 2 is 1.75 bits per heavy atom. The first-order valence-electron chi connectivity index (χ1n) is 6.55. The highest BCUT2D eigenvalue weighted by molar-refractivity contribution is 7.98. The van der Waals surface area contributed by atoms with Crippen LogP contribution in [0.5, 0.6) is 0 Å². The molecule has 2 rings (SSSR count). The van der Waals surface area contributed by atoms with Crippen LogP contribution >= 0.6 is 23.4 Å². The van der Waals surface area contributed by atoms with Gasteiger partial charge in [0.15, 0.2) is 0 Å². The predicted molar refractivity (Wildman–Crippen MR) is 87.2 cm³/mol. The number of rotatable bonds is 6. The highest BCUT2D eigenvalue weighted by atomic mass is 35.5. The van der Waals surface area contributed by atoms with Crippen LogP contribution in [0.1, 0.15) is 29.7 Å². The summed E-state index contributed by atoms with van der Waals surface area (Å²) in [5, 5.41) is 0.911. The maximum Gasteiger partial charge on any atom is 0.131 e. The molecule has 0 bridgehead atoms. The second-order valence-electron chi connectivity index (χ2n) is 4.74. The molecule has 1 nitrogen and oxygen atoms in total. The van der Waals surface area contributed by atoms with Crippen LogP contribution in [0, 0.1) is 0 Å². The van der Waals surface area contributed by atoms with Crippen LogP contribution in [0.2, 0.25) is 5.02 Å². The Morgan fingerprint density at radius 3 is 2.35 bits per heavy atom. The summed E-state index contributed by atoms with van der Waals surface area (Å²) in [5.41, 5.74) is 2.44. The Balaban J connectivity index is 2.07. The number of carbonyl (C=O) groups is 1. The third kappa shape index (κ3) is 4.69. The molecule has 20 heavy (non-hydrogen) atoms. The van der Waals surface area contributed by atoms with Crippen molar-refractivity contribution in [3.63, 3.8) is 0 Å². The zero-order valence-corrected chi connectivity index (χ0v) is 13.0. The normalized spacial score (nSPS) is 12.1. The lowest BCUT2D eigenvalue weighted by Gasteiger charge is -2.16. The van der Waals surface area contributed by atoms with E-state index in [1.807, 2.05) is 42.5 Å². The number of hydrogen-bond donors (Lipinski definition) is 0. The van der Waals surface area contributed by atoms with Crippen LogP contribution in [0.25, 0.3) is 0 Å². The van der Waals surface area contributed by atoms with Crippen LogP contribution in [-0.4, -0.2) is 5.78 Å². The number of hydrogen-bond acceptors (Lipinski definition) is 2. The van der Waals surface area contributed by atoms with Crippen molar-refractivity contribution < 1.29 is 4.79 Å². The van der Waals surface area contributed by atoms with Crippen molar-refractivity contribution >= 4 is 29.1 Å². The largest absolute Gasteiger partial charge is 0.300 e. The van der Waals surface area contributed by atoms with Gasteiger partial charge in [-0.25, -0.2) is 0 Å². The number of halogens is 1. The molecule has 0 aliphatic carbocycles.